The molecule has 4 N–H and O–H groups in total. The number of alkyl carbamates (subject to hydrolysis) is 2. The molecule has 4 amide bonds. The Kier molecular flexibility index (Phi) is 11.8. The van der Waals surface area contributed by atoms with Crippen LogP contribution in [-0.2, 0) is 23.8 Å². The summed E-state index contributed by atoms with van der Waals surface area (Å²) < 4.78 is 15.0. The topological polar surface area (TPSA) is 184 Å². The normalized spacial score (nSPS) is 19.2. The number of aromatic nitrogens is 4. The van der Waals surface area contributed by atoms with Crippen LogP contribution >= 0.6 is 0 Å². The molecule has 16 heteroatoms. The third-order valence-electron chi connectivity index (χ3n) is 11.7. The summed E-state index contributed by atoms with van der Waals surface area (Å²) in [5.41, 5.74) is 5.59. The Morgan fingerprint density at radius 2 is 1.41 bits per heavy atom. The fourth-order valence-corrected chi connectivity index (χ4v) is 11.3. The lowest BCUT2D eigenvalue weighted by Crippen LogP contribution is -2.54. The molecule has 2 aliphatic heterocycles. The number of carbonyl (C=O) groups excluding carboxylic acids is 4. The predicted molar refractivity (Wildman–Crippen MR) is 227 cm³/mol. The number of imidazole rings is 2. The quantitative estimate of drug-likeness (QED) is 0.105. The van der Waals surface area contributed by atoms with E-state index in [1.165, 1.54) is 21.3 Å². The summed E-state index contributed by atoms with van der Waals surface area (Å²) in [4.78, 5) is 72.2. The number of nitrogens with zero attached hydrogens (tertiary/aromatic N) is 4. The highest BCUT2D eigenvalue weighted by molar-refractivity contribution is 6.78. The number of benzene rings is 3. The summed E-state index contributed by atoms with van der Waals surface area (Å²) in [5.74, 6) is 0.962. The van der Waals surface area contributed by atoms with Crippen LogP contribution in [-0.4, -0.2) is 114 Å². The van der Waals surface area contributed by atoms with Crippen LogP contribution in [0.2, 0.25) is 19.1 Å². The molecule has 312 valence electrons. The highest BCUT2D eigenvalue weighted by atomic mass is 28.3. The van der Waals surface area contributed by atoms with Gasteiger partial charge in [-0.1, -0.05) is 57.3 Å². The molecule has 3 aromatic carbocycles. The fraction of sp³-hybridized carbons (Fsp3) is 0.442. The van der Waals surface area contributed by atoms with E-state index in [0.29, 0.717) is 18.5 Å². The monoisotopic (exact) mass is 822 g/mol. The number of likely N-dealkylation sites (tertiary alicyclic amines) is 1. The number of hydrogen-bond acceptors (Lipinski definition) is 9. The number of nitrogens with one attached hydrogen (secondary N) is 4. The lowest BCUT2D eigenvalue weighted by Gasteiger charge is -2.30. The van der Waals surface area contributed by atoms with Crippen LogP contribution in [0.25, 0.3) is 44.2 Å². The molecule has 0 aliphatic carbocycles. The van der Waals surface area contributed by atoms with Crippen molar-refractivity contribution >= 4 is 53.9 Å². The zero-order valence-corrected chi connectivity index (χ0v) is 35.9. The Balaban J connectivity index is 1.09. The summed E-state index contributed by atoms with van der Waals surface area (Å²) in [6.07, 6.45) is 2.19. The van der Waals surface area contributed by atoms with Crippen molar-refractivity contribution in [3.05, 3.63) is 72.4 Å². The zero-order chi connectivity index (χ0) is 42.2. The second kappa shape index (κ2) is 16.9. The molecule has 0 spiro atoms. The molecule has 59 heavy (non-hydrogen) atoms. The molecular weight excluding hydrogens is 769 g/mol. The number of hydrogen-bond donors (Lipinski definition) is 4. The summed E-state index contributed by atoms with van der Waals surface area (Å²) in [6.45, 7) is 10.7. The van der Waals surface area contributed by atoms with Gasteiger partial charge in [0.25, 0.3) is 0 Å². The predicted octanol–water partition coefficient (Wildman–Crippen LogP) is 6.71. The van der Waals surface area contributed by atoms with Gasteiger partial charge in [-0.05, 0) is 77.9 Å². The largest absolute Gasteiger partial charge is 0.453 e. The van der Waals surface area contributed by atoms with E-state index >= 15 is 0 Å². The first kappa shape index (κ1) is 41.4. The van der Waals surface area contributed by atoms with E-state index < -0.39 is 38.4 Å². The van der Waals surface area contributed by atoms with Crippen molar-refractivity contribution in [1.82, 2.24) is 40.4 Å². The van der Waals surface area contributed by atoms with Gasteiger partial charge in [0.05, 0.1) is 63.4 Å². The van der Waals surface area contributed by atoms with Crippen molar-refractivity contribution < 1.29 is 33.4 Å². The minimum atomic E-state index is -1.76. The number of methoxy groups -OCH3 is 3. The van der Waals surface area contributed by atoms with Gasteiger partial charge < -0.3 is 44.6 Å². The van der Waals surface area contributed by atoms with Crippen LogP contribution in [0.5, 0.6) is 0 Å². The summed E-state index contributed by atoms with van der Waals surface area (Å²) in [5, 5.41) is 7.53. The Labute approximate surface area is 344 Å². The van der Waals surface area contributed by atoms with Gasteiger partial charge in [-0.3, -0.25) is 9.59 Å². The van der Waals surface area contributed by atoms with Gasteiger partial charge in [-0.15, -0.1) is 0 Å². The average molecular weight is 823 g/mol. The Morgan fingerprint density at radius 3 is 2.08 bits per heavy atom. The maximum atomic E-state index is 13.9. The van der Waals surface area contributed by atoms with Crippen molar-refractivity contribution in [3.63, 3.8) is 0 Å². The van der Waals surface area contributed by atoms with E-state index in [1.807, 2.05) is 31.0 Å². The minimum Gasteiger partial charge on any atom is -0.453 e. The molecule has 2 fully saturated rings. The lowest BCUT2D eigenvalue weighted by atomic mass is 9.99. The van der Waals surface area contributed by atoms with E-state index in [9.17, 15) is 19.2 Å². The van der Waals surface area contributed by atoms with E-state index in [-0.39, 0.29) is 29.8 Å². The molecule has 7 rings (SSSR count). The van der Waals surface area contributed by atoms with Gasteiger partial charge in [-0.2, -0.15) is 0 Å². The Bertz CT molecular complexity index is 2380. The van der Waals surface area contributed by atoms with Crippen LogP contribution < -0.4 is 10.6 Å². The van der Waals surface area contributed by atoms with Crippen molar-refractivity contribution in [2.75, 3.05) is 34.0 Å². The van der Waals surface area contributed by atoms with E-state index in [1.54, 1.807) is 11.8 Å². The molecule has 0 saturated carbocycles. The van der Waals surface area contributed by atoms with E-state index in [0.717, 1.165) is 68.9 Å². The smallest absolute Gasteiger partial charge is 0.407 e. The van der Waals surface area contributed by atoms with Crippen LogP contribution in [0.3, 0.4) is 0 Å². The molecule has 0 bridgehead atoms. The Hall–Kier alpha value is -5.74. The summed E-state index contributed by atoms with van der Waals surface area (Å²) in [6, 6.07) is 17.6. The van der Waals surface area contributed by atoms with Crippen LogP contribution in [0.4, 0.5) is 9.59 Å². The van der Waals surface area contributed by atoms with Crippen LogP contribution in [0, 0.1) is 5.92 Å². The first-order valence-corrected chi connectivity index (χ1v) is 23.5. The molecule has 5 atom stereocenters. The molecule has 2 aromatic heterocycles. The zero-order valence-electron chi connectivity index (χ0n) is 34.9. The van der Waals surface area contributed by atoms with E-state index in [4.69, 9.17) is 24.2 Å². The van der Waals surface area contributed by atoms with Gasteiger partial charge >= 0.3 is 12.2 Å². The highest BCUT2D eigenvalue weighted by Crippen LogP contribution is 2.39. The van der Waals surface area contributed by atoms with Gasteiger partial charge in [0, 0.05) is 25.4 Å². The number of aromatic amines is 2. The number of H-pyrrole nitrogens is 2. The third-order valence-corrected chi connectivity index (χ3v) is 14.4. The first-order valence-electron chi connectivity index (χ1n) is 20.1. The second-order valence-corrected chi connectivity index (χ2v) is 21.8. The number of carbonyl (C=O) groups is 4. The number of amides is 4. The SMILES string of the molecule is COC(=O)NC(C(=O)N1C[Si](C)(C)CC1c1ncc(-c2ccc3cc(-c4ccc5nc(C6CCCN6C(=O)C(NC(=O)OC)C(C)OC)[nH]c5c4)ccc3c2)[nH]1)C(C)C. The van der Waals surface area contributed by atoms with Crippen molar-refractivity contribution in [1.29, 1.82) is 0 Å². The molecule has 2 aliphatic rings. The minimum absolute atomic E-state index is 0.116. The Morgan fingerprint density at radius 1 is 0.780 bits per heavy atom. The first-order chi connectivity index (χ1) is 28.2. The standard InChI is InChI=1S/C43H54N8O7Si/c1-24(2)36(48-42(54)57-5)40(52)51-23-59(7,8)22-35(51)38-44-21-33(47-38)30-14-13-26-18-27(11-12-28(26)19-30)29-15-16-31-32(20-29)46-39(45-31)34-10-9-17-50(34)41(53)37(25(3)56-4)49-43(55)58-6/h11-16,18-21,24-25,34-37H,9-10,17,22-23H2,1-8H3,(H,44,47)(H,45,46)(H,48,54)(H,49,55). The van der Waals surface area contributed by atoms with Gasteiger partial charge in [0.15, 0.2) is 0 Å². The fourth-order valence-electron chi connectivity index (χ4n) is 8.43. The number of ether oxygens (including phenoxy) is 3. The molecule has 5 aromatic rings. The van der Waals surface area contributed by atoms with Crippen LogP contribution in [0.15, 0.2) is 60.8 Å². The molecular formula is C43H54N8O7Si. The molecule has 0 radical (unpaired) electrons. The maximum absolute atomic E-state index is 13.9. The maximum Gasteiger partial charge on any atom is 0.407 e. The lowest BCUT2D eigenvalue weighted by molar-refractivity contribution is -0.137. The molecule has 4 heterocycles. The number of rotatable bonds is 11. The molecule has 15 nitrogen and oxygen atoms in total. The summed E-state index contributed by atoms with van der Waals surface area (Å²) >= 11 is 0. The highest BCUT2D eigenvalue weighted by Gasteiger charge is 2.46. The number of fused-ring (bicyclic) bond motifs is 2. The van der Waals surface area contributed by atoms with Crippen molar-refractivity contribution in [2.24, 2.45) is 5.92 Å². The van der Waals surface area contributed by atoms with Gasteiger partial charge in [0.1, 0.15) is 23.7 Å². The van der Waals surface area contributed by atoms with Gasteiger partial charge in [0.2, 0.25) is 11.8 Å². The van der Waals surface area contributed by atoms with Crippen molar-refractivity contribution in [2.45, 2.75) is 83.0 Å². The summed E-state index contributed by atoms with van der Waals surface area (Å²) in [7, 11) is 2.30. The third kappa shape index (κ3) is 8.55. The van der Waals surface area contributed by atoms with E-state index in [2.05, 4.69) is 82.2 Å². The van der Waals surface area contributed by atoms with Crippen LogP contribution in [0.1, 0.15) is 57.3 Å². The second-order valence-electron chi connectivity index (χ2n) is 16.8. The molecule has 2 saturated heterocycles. The molecule has 5 unspecified atom stereocenters. The van der Waals surface area contributed by atoms with Crippen molar-refractivity contribution in [3.8, 4) is 22.4 Å². The van der Waals surface area contributed by atoms with Gasteiger partial charge in [-0.25, -0.2) is 19.6 Å². The average Bonchev–Trinajstić information content (AvgIpc) is 4.05.